The summed E-state index contributed by atoms with van der Waals surface area (Å²) in [5, 5.41) is 9.05. The van der Waals surface area contributed by atoms with E-state index in [1.54, 1.807) is 0 Å². The van der Waals surface area contributed by atoms with Gasteiger partial charge < -0.3 is 9.32 Å². The molecule has 128 valence electrons. The van der Waals surface area contributed by atoms with Crippen LogP contribution in [0.2, 0.25) is 5.02 Å². The molecule has 0 amide bonds. The highest BCUT2D eigenvalue weighted by molar-refractivity contribution is 6.30. The molecule has 1 aliphatic heterocycles. The third kappa shape index (κ3) is 3.81. The van der Waals surface area contributed by atoms with Crippen molar-refractivity contribution < 1.29 is 14.3 Å². The van der Waals surface area contributed by atoms with Crippen LogP contribution < -0.4 is 14.8 Å². The van der Waals surface area contributed by atoms with E-state index in [1.165, 1.54) is 10.7 Å². The number of hydrogen-bond acceptors (Lipinski definition) is 4. The summed E-state index contributed by atoms with van der Waals surface area (Å²) < 4.78 is 5.82. The van der Waals surface area contributed by atoms with Crippen molar-refractivity contribution in [3.05, 3.63) is 59.6 Å². The van der Waals surface area contributed by atoms with E-state index in [1.807, 2.05) is 36.5 Å². The standard InChI is InChI=1S/C18H18ClN5O/c19-15-6-4-14(5-7-15)18-22-21-17(25-18)13-23-9-11-24(12-10-23)16-3-1-2-8-20-16/h1-8H,9-13H2/p+2. The van der Waals surface area contributed by atoms with Crippen LogP contribution in [-0.4, -0.2) is 36.4 Å². The Balaban J connectivity index is 1.35. The minimum Gasteiger partial charge on any atom is -0.415 e. The zero-order valence-corrected chi connectivity index (χ0v) is 14.5. The average molecular weight is 358 g/mol. The van der Waals surface area contributed by atoms with E-state index in [0.717, 1.165) is 38.3 Å². The molecule has 1 aliphatic rings. The molecule has 3 heterocycles. The molecule has 7 heteroatoms. The van der Waals surface area contributed by atoms with Crippen LogP contribution in [0.15, 0.2) is 53.1 Å². The Morgan fingerprint density at radius 1 is 1.08 bits per heavy atom. The molecule has 4 rings (SSSR count). The highest BCUT2D eigenvalue weighted by atomic mass is 35.5. The molecule has 2 N–H and O–H groups in total. The van der Waals surface area contributed by atoms with Crippen molar-refractivity contribution in [1.29, 1.82) is 0 Å². The molecule has 6 nitrogen and oxygen atoms in total. The van der Waals surface area contributed by atoms with Crippen molar-refractivity contribution in [2.45, 2.75) is 6.54 Å². The first-order valence-corrected chi connectivity index (χ1v) is 8.79. The summed E-state index contributed by atoms with van der Waals surface area (Å²) in [5.41, 5.74) is 0.891. The third-order valence-corrected chi connectivity index (χ3v) is 4.72. The summed E-state index contributed by atoms with van der Waals surface area (Å²) >= 11 is 5.91. The van der Waals surface area contributed by atoms with Gasteiger partial charge in [0.15, 0.2) is 6.54 Å². The van der Waals surface area contributed by atoms with Crippen LogP contribution in [0.4, 0.5) is 5.82 Å². The molecule has 1 aromatic carbocycles. The number of nitrogens with one attached hydrogen (secondary N) is 2. The third-order valence-electron chi connectivity index (χ3n) is 4.46. The summed E-state index contributed by atoms with van der Waals surface area (Å²) in [4.78, 5) is 7.12. The molecule has 0 aliphatic carbocycles. The Kier molecular flexibility index (Phi) is 4.63. The van der Waals surface area contributed by atoms with Crippen LogP contribution in [0.25, 0.3) is 11.5 Å². The maximum atomic E-state index is 5.91. The molecule has 2 aromatic heterocycles. The fourth-order valence-electron chi connectivity index (χ4n) is 3.07. The second-order valence-corrected chi connectivity index (χ2v) is 6.61. The Morgan fingerprint density at radius 3 is 2.60 bits per heavy atom. The maximum absolute atomic E-state index is 5.91. The van der Waals surface area contributed by atoms with E-state index in [9.17, 15) is 0 Å². The monoisotopic (exact) mass is 357 g/mol. The van der Waals surface area contributed by atoms with E-state index in [2.05, 4.69) is 32.2 Å². The molecule has 0 bridgehead atoms. The van der Waals surface area contributed by atoms with E-state index in [0.29, 0.717) is 16.8 Å². The quantitative estimate of drug-likeness (QED) is 0.760. The predicted octanol–water partition coefficient (Wildman–Crippen LogP) is 1.11. The van der Waals surface area contributed by atoms with Gasteiger partial charge in [-0.25, -0.2) is 4.98 Å². The maximum Gasteiger partial charge on any atom is 0.274 e. The highest BCUT2D eigenvalue weighted by Gasteiger charge is 2.27. The van der Waals surface area contributed by atoms with Crippen molar-refractivity contribution >= 4 is 17.4 Å². The molecule has 3 aromatic rings. The Labute approximate surface area is 151 Å². The number of halogens is 1. The van der Waals surface area contributed by atoms with E-state index < -0.39 is 0 Å². The van der Waals surface area contributed by atoms with E-state index in [-0.39, 0.29) is 0 Å². The first-order chi connectivity index (χ1) is 12.3. The van der Waals surface area contributed by atoms with Crippen molar-refractivity contribution in [2.75, 3.05) is 31.1 Å². The molecule has 0 unspecified atom stereocenters. The number of hydrogen-bond donors (Lipinski definition) is 1. The lowest BCUT2D eigenvalue weighted by Gasteiger charge is -2.27. The molecule has 0 radical (unpaired) electrons. The molecule has 25 heavy (non-hydrogen) atoms. The van der Waals surface area contributed by atoms with Crippen molar-refractivity contribution in [3.63, 3.8) is 0 Å². The lowest BCUT2D eigenvalue weighted by Crippen LogP contribution is -3.13. The van der Waals surface area contributed by atoms with E-state index >= 15 is 0 Å². The number of nitrogens with zero attached hydrogens (tertiary/aromatic N) is 3. The van der Waals surface area contributed by atoms with Crippen LogP contribution in [-0.2, 0) is 6.54 Å². The normalized spacial score (nSPS) is 15.5. The van der Waals surface area contributed by atoms with Crippen molar-refractivity contribution in [3.8, 4) is 11.5 Å². The summed E-state index contributed by atoms with van der Waals surface area (Å²) in [6, 6.07) is 13.6. The van der Waals surface area contributed by atoms with Gasteiger partial charge in [-0.3, -0.25) is 4.90 Å². The van der Waals surface area contributed by atoms with Gasteiger partial charge in [-0.15, -0.1) is 10.2 Å². The zero-order chi connectivity index (χ0) is 17.1. The summed E-state index contributed by atoms with van der Waals surface area (Å²) in [6.45, 7) is 4.86. The lowest BCUT2D eigenvalue weighted by atomic mass is 10.2. The van der Waals surface area contributed by atoms with Gasteiger partial charge in [0.25, 0.3) is 11.7 Å². The lowest BCUT2D eigenvalue weighted by molar-refractivity contribution is -0.915. The summed E-state index contributed by atoms with van der Waals surface area (Å²) in [7, 11) is 0. The van der Waals surface area contributed by atoms with Crippen LogP contribution in [0.1, 0.15) is 5.89 Å². The number of rotatable bonds is 4. The minimum atomic E-state index is 0.545. The van der Waals surface area contributed by atoms with Gasteiger partial charge in [-0.2, -0.15) is 0 Å². The summed E-state index contributed by atoms with van der Waals surface area (Å²) in [6.07, 6.45) is 1.96. The largest absolute Gasteiger partial charge is 0.415 e. The summed E-state index contributed by atoms with van der Waals surface area (Å²) in [5.74, 6) is 2.40. The zero-order valence-electron chi connectivity index (χ0n) is 13.8. The molecule has 1 saturated heterocycles. The number of aromatic amines is 1. The topological polar surface area (TPSA) is 60.7 Å². The van der Waals surface area contributed by atoms with E-state index in [4.69, 9.17) is 16.0 Å². The van der Waals surface area contributed by atoms with Crippen LogP contribution in [0.3, 0.4) is 0 Å². The van der Waals surface area contributed by atoms with Crippen LogP contribution in [0.5, 0.6) is 0 Å². The average Bonchev–Trinajstić information content (AvgIpc) is 3.12. The molecule has 0 saturated carbocycles. The molecular formula is C18H20ClN5O+2. The minimum absolute atomic E-state index is 0.545. The smallest absolute Gasteiger partial charge is 0.274 e. The number of piperazine rings is 1. The Hall–Kier alpha value is -2.44. The second-order valence-electron chi connectivity index (χ2n) is 6.17. The molecular weight excluding hydrogens is 338 g/mol. The molecule has 0 atom stereocenters. The number of quaternary nitrogens is 1. The van der Waals surface area contributed by atoms with Gasteiger partial charge in [0, 0.05) is 16.7 Å². The van der Waals surface area contributed by atoms with Gasteiger partial charge >= 0.3 is 0 Å². The van der Waals surface area contributed by atoms with Crippen LogP contribution >= 0.6 is 11.6 Å². The molecule has 0 spiro atoms. The van der Waals surface area contributed by atoms with Gasteiger partial charge in [0.05, 0.1) is 6.20 Å². The van der Waals surface area contributed by atoms with Gasteiger partial charge in [-0.05, 0) is 30.3 Å². The van der Waals surface area contributed by atoms with Crippen molar-refractivity contribution in [1.82, 2.24) is 10.2 Å². The fraction of sp³-hybridized carbons (Fsp3) is 0.278. The Bertz CT molecular complexity index is 813. The van der Waals surface area contributed by atoms with Gasteiger partial charge in [0.2, 0.25) is 5.89 Å². The predicted molar refractivity (Wildman–Crippen MR) is 94.4 cm³/mol. The van der Waals surface area contributed by atoms with Gasteiger partial charge in [-0.1, -0.05) is 17.7 Å². The fourth-order valence-corrected chi connectivity index (χ4v) is 3.20. The van der Waals surface area contributed by atoms with Crippen LogP contribution in [0, 0.1) is 0 Å². The number of anilines is 1. The number of aromatic nitrogens is 3. The SMILES string of the molecule is Clc1ccc(-c2nnc(C[NH+]3CCN(c4cccc[nH+]4)CC3)o2)cc1. The highest BCUT2D eigenvalue weighted by Crippen LogP contribution is 2.19. The number of H-pyrrole nitrogens is 1. The van der Waals surface area contributed by atoms with Gasteiger partial charge in [0.1, 0.15) is 26.2 Å². The first-order valence-electron chi connectivity index (χ1n) is 8.41. The number of pyridine rings is 1. The van der Waals surface area contributed by atoms with Crippen molar-refractivity contribution in [2.24, 2.45) is 0 Å². The second kappa shape index (κ2) is 7.21. The number of benzene rings is 1. The Morgan fingerprint density at radius 2 is 1.88 bits per heavy atom. The molecule has 1 fully saturated rings. The first kappa shape index (κ1) is 16.1.